The lowest BCUT2D eigenvalue weighted by molar-refractivity contribution is 0.0939. The van der Waals surface area contributed by atoms with Crippen LogP contribution in [-0.2, 0) is 0 Å². The van der Waals surface area contributed by atoms with Gasteiger partial charge in [0.05, 0.1) is 17.2 Å². The number of hydrogen-bond donors (Lipinski definition) is 1. The molecular formula is C25H28ClFN4O2. The maximum atomic E-state index is 14.0. The molecule has 1 atom stereocenters. The highest BCUT2D eigenvalue weighted by atomic mass is 35.5. The predicted molar refractivity (Wildman–Crippen MR) is 127 cm³/mol. The maximum absolute atomic E-state index is 14.0. The summed E-state index contributed by atoms with van der Waals surface area (Å²) in [6.07, 6.45) is 8.63. The summed E-state index contributed by atoms with van der Waals surface area (Å²) in [7, 11) is 0. The summed E-state index contributed by atoms with van der Waals surface area (Å²) in [5.41, 5.74) is 2.15. The van der Waals surface area contributed by atoms with Gasteiger partial charge in [-0.3, -0.25) is 4.79 Å². The highest BCUT2D eigenvalue weighted by Crippen LogP contribution is 2.22. The molecule has 1 unspecified atom stereocenters. The molecule has 0 bridgehead atoms. The van der Waals surface area contributed by atoms with Crippen LogP contribution in [0.3, 0.4) is 0 Å². The predicted octanol–water partition coefficient (Wildman–Crippen LogP) is 5.64. The van der Waals surface area contributed by atoms with Crippen LogP contribution in [0.2, 0.25) is 5.02 Å². The van der Waals surface area contributed by atoms with Crippen LogP contribution < -0.4 is 10.1 Å². The summed E-state index contributed by atoms with van der Waals surface area (Å²) >= 11 is 5.76. The van der Waals surface area contributed by atoms with Crippen LogP contribution in [0.25, 0.3) is 11.4 Å². The van der Waals surface area contributed by atoms with Gasteiger partial charge in [0.2, 0.25) is 5.88 Å². The van der Waals surface area contributed by atoms with Crippen molar-refractivity contribution >= 4 is 17.5 Å². The molecule has 0 saturated carbocycles. The Morgan fingerprint density at radius 2 is 1.97 bits per heavy atom. The van der Waals surface area contributed by atoms with Gasteiger partial charge in [-0.05, 0) is 31.5 Å². The molecule has 0 aliphatic heterocycles. The van der Waals surface area contributed by atoms with E-state index in [0.717, 1.165) is 31.2 Å². The second kappa shape index (κ2) is 12.3. The number of carbonyl (C=O) groups is 1. The molecule has 8 heteroatoms. The van der Waals surface area contributed by atoms with Crippen LogP contribution in [0, 0.1) is 18.7 Å². The van der Waals surface area contributed by atoms with E-state index in [0.29, 0.717) is 23.5 Å². The molecule has 174 valence electrons. The number of unbranched alkanes of at least 4 members (excludes halogenated alkanes) is 2. The number of aryl methyl sites for hydroxylation is 1. The number of halogens is 2. The minimum Gasteiger partial charge on any atom is -0.475 e. The first-order valence-corrected chi connectivity index (χ1v) is 11.5. The van der Waals surface area contributed by atoms with E-state index in [1.165, 1.54) is 12.3 Å². The molecule has 0 radical (unpaired) electrons. The molecule has 2 heterocycles. The summed E-state index contributed by atoms with van der Waals surface area (Å²) in [5, 5.41) is 3.22. The number of nitrogens with zero attached hydrogens (tertiary/aromatic N) is 3. The lowest BCUT2D eigenvalue weighted by Gasteiger charge is -2.19. The zero-order valence-corrected chi connectivity index (χ0v) is 19.6. The lowest BCUT2D eigenvalue weighted by atomic mass is 10.0. The quantitative estimate of drug-likeness (QED) is 0.367. The summed E-state index contributed by atoms with van der Waals surface area (Å²) < 4.78 is 19.7. The Morgan fingerprint density at radius 1 is 1.18 bits per heavy atom. The number of carbonyl (C=O) groups excluding carboxylic acids is 1. The molecule has 0 aliphatic rings. The van der Waals surface area contributed by atoms with Gasteiger partial charge in [0.1, 0.15) is 0 Å². The molecular weight excluding hydrogens is 443 g/mol. The van der Waals surface area contributed by atoms with E-state index in [2.05, 4.69) is 27.2 Å². The second-order valence-corrected chi connectivity index (χ2v) is 8.38. The topological polar surface area (TPSA) is 77.0 Å². The highest BCUT2D eigenvalue weighted by molar-refractivity contribution is 6.30. The number of benzene rings is 1. The summed E-state index contributed by atoms with van der Waals surface area (Å²) in [6, 6.07) is 8.52. The average Bonchev–Trinajstić information content (AvgIpc) is 2.81. The van der Waals surface area contributed by atoms with Crippen molar-refractivity contribution in [1.29, 1.82) is 0 Å². The molecule has 33 heavy (non-hydrogen) atoms. The Hall–Kier alpha value is -3.06. The van der Waals surface area contributed by atoms with Crippen LogP contribution >= 0.6 is 11.6 Å². The molecule has 1 aromatic carbocycles. The van der Waals surface area contributed by atoms with Gasteiger partial charge in [-0.15, -0.1) is 0 Å². The molecule has 0 saturated heterocycles. The first kappa shape index (κ1) is 24.6. The van der Waals surface area contributed by atoms with E-state index in [4.69, 9.17) is 16.3 Å². The van der Waals surface area contributed by atoms with Crippen molar-refractivity contribution in [3.8, 4) is 17.3 Å². The van der Waals surface area contributed by atoms with Crippen molar-refractivity contribution in [2.24, 2.45) is 5.92 Å². The van der Waals surface area contributed by atoms with Crippen molar-refractivity contribution in [3.05, 3.63) is 70.9 Å². The fourth-order valence-corrected chi connectivity index (χ4v) is 3.59. The van der Waals surface area contributed by atoms with E-state index in [1.807, 2.05) is 25.1 Å². The summed E-state index contributed by atoms with van der Waals surface area (Å²) in [5.74, 6) is -0.412. The molecule has 0 aliphatic carbocycles. The molecule has 0 fully saturated rings. The van der Waals surface area contributed by atoms with E-state index < -0.39 is 5.82 Å². The van der Waals surface area contributed by atoms with Crippen LogP contribution in [-0.4, -0.2) is 34.0 Å². The zero-order chi connectivity index (χ0) is 23.6. The van der Waals surface area contributed by atoms with Crippen LogP contribution in [0.15, 0.2) is 48.9 Å². The van der Waals surface area contributed by atoms with Crippen LogP contribution in [0.5, 0.6) is 5.88 Å². The van der Waals surface area contributed by atoms with Gasteiger partial charge < -0.3 is 10.1 Å². The van der Waals surface area contributed by atoms with E-state index in [9.17, 15) is 9.18 Å². The largest absolute Gasteiger partial charge is 0.475 e. The standard InChI is InChI=1S/C25H28ClFN4O2/c1-3-4-5-7-18(16-33-25-22(27)13-19(26)15-31-25)14-30-24(32)21-12-17(2)8-9-20(21)23-28-10-6-11-29-23/h6,8-13,15,18H,3-5,7,14,16H2,1-2H3,(H,30,32). The maximum Gasteiger partial charge on any atom is 0.252 e. The minimum absolute atomic E-state index is 0.00128. The average molecular weight is 471 g/mol. The van der Waals surface area contributed by atoms with Gasteiger partial charge >= 0.3 is 0 Å². The zero-order valence-electron chi connectivity index (χ0n) is 18.9. The van der Waals surface area contributed by atoms with Gasteiger partial charge in [0.15, 0.2) is 11.6 Å². The first-order valence-electron chi connectivity index (χ1n) is 11.1. The van der Waals surface area contributed by atoms with Crippen molar-refractivity contribution in [3.63, 3.8) is 0 Å². The fraction of sp³-hybridized carbons (Fsp3) is 0.360. The van der Waals surface area contributed by atoms with Gasteiger partial charge in [-0.2, -0.15) is 0 Å². The third-order valence-corrected chi connectivity index (χ3v) is 5.43. The fourth-order valence-electron chi connectivity index (χ4n) is 3.44. The monoisotopic (exact) mass is 470 g/mol. The molecule has 6 nitrogen and oxygen atoms in total. The van der Waals surface area contributed by atoms with Crippen LogP contribution in [0.1, 0.15) is 48.5 Å². The smallest absolute Gasteiger partial charge is 0.252 e. The third-order valence-electron chi connectivity index (χ3n) is 5.22. The SMILES string of the molecule is CCCCCC(CNC(=O)c1cc(C)ccc1-c1ncccn1)COc1ncc(Cl)cc1F. The number of nitrogens with one attached hydrogen (secondary N) is 1. The van der Waals surface area contributed by atoms with Gasteiger partial charge in [-0.25, -0.2) is 19.3 Å². The van der Waals surface area contributed by atoms with E-state index >= 15 is 0 Å². The number of hydrogen-bond acceptors (Lipinski definition) is 5. The van der Waals surface area contributed by atoms with Gasteiger partial charge in [-0.1, -0.05) is 55.5 Å². The normalized spacial score (nSPS) is 11.8. The molecule has 1 N–H and O–H groups in total. The van der Waals surface area contributed by atoms with Crippen molar-refractivity contribution in [2.45, 2.75) is 39.5 Å². The molecule has 1 amide bonds. The second-order valence-electron chi connectivity index (χ2n) is 7.94. The summed E-state index contributed by atoms with van der Waals surface area (Å²) in [4.78, 5) is 25.6. The summed E-state index contributed by atoms with van der Waals surface area (Å²) in [6.45, 7) is 4.69. The van der Waals surface area contributed by atoms with Crippen molar-refractivity contribution in [2.75, 3.05) is 13.2 Å². The number of aromatic nitrogens is 3. The third kappa shape index (κ3) is 7.22. The molecule has 2 aromatic heterocycles. The van der Waals surface area contributed by atoms with Gasteiger partial charge in [0, 0.05) is 36.6 Å². The van der Waals surface area contributed by atoms with Gasteiger partial charge in [0.25, 0.3) is 5.91 Å². The molecule has 3 rings (SSSR count). The number of pyridine rings is 1. The first-order chi connectivity index (χ1) is 16.0. The van der Waals surface area contributed by atoms with Crippen molar-refractivity contribution in [1.82, 2.24) is 20.3 Å². The Labute approximate surface area is 198 Å². The number of amides is 1. The number of rotatable bonds is 11. The van der Waals surface area contributed by atoms with E-state index in [1.54, 1.807) is 18.5 Å². The van der Waals surface area contributed by atoms with Crippen molar-refractivity contribution < 1.29 is 13.9 Å². The Morgan fingerprint density at radius 3 is 2.70 bits per heavy atom. The van der Waals surface area contributed by atoms with E-state index in [-0.39, 0.29) is 29.3 Å². The Balaban J connectivity index is 1.69. The molecule has 3 aromatic rings. The molecule has 0 spiro atoms. The number of ether oxygens (including phenoxy) is 1. The lowest BCUT2D eigenvalue weighted by Crippen LogP contribution is -2.32. The Bertz CT molecular complexity index is 1070. The highest BCUT2D eigenvalue weighted by Gasteiger charge is 2.18. The Kier molecular flexibility index (Phi) is 9.13. The van der Waals surface area contributed by atoms with Crippen LogP contribution in [0.4, 0.5) is 4.39 Å². The minimum atomic E-state index is -0.605.